The van der Waals surface area contributed by atoms with Crippen molar-refractivity contribution in [1.82, 2.24) is 0 Å². The Morgan fingerprint density at radius 2 is 2.19 bits per heavy atom. The highest BCUT2D eigenvalue weighted by Gasteiger charge is 2.43. The molecule has 1 fully saturated rings. The van der Waals surface area contributed by atoms with Gasteiger partial charge in [-0.1, -0.05) is 32.4 Å². The van der Waals surface area contributed by atoms with E-state index in [1.807, 2.05) is 0 Å². The van der Waals surface area contributed by atoms with Gasteiger partial charge in [-0.15, -0.1) is 0 Å². The van der Waals surface area contributed by atoms with Crippen LogP contribution in [0.4, 0.5) is 0 Å². The smallest absolute Gasteiger partial charge is 0.0612 e. The fraction of sp³-hybridized carbons (Fsp3) is 0.867. The van der Waals surface area contributed by atoms with Crippen LogP contribution in [0.15, 0.2) is 11.6 Å². The van der Waals surface area contributed by atoms with Crippen LogP contribution in [-0.4, -0.2) is 12.7 Å². The van der Waals surface area contributed by atoms with Crippen molar-refractivity contribution in [3.05, 3.63) is 11.6 Å². The molecule has 4 atom stereocenters. The zero-order chi connectivity index (χ0) is 11.8. The van der Waals surface area contributed by atoms with E-state index in [-0.39, 0.29) is 0 Å². The van der Waals surface area contributed by atoms with Gasteiger partial charge < -0.3 is 4.74 Å². The Kier molecular flexibility index (Phi) is 3.44. The molecule has 0 aromatic carbocycles. The predicted molar refractivity (Wildman–Crippen MR) is 68.4 cm³/mol. The molecule has 1 saturated carbocycles. The minimum Gasteiger partial charge on any atom is -0.378 e. The maximum Gasteiger partial charge on any atom is 0.0612 e. The molecule has 2 aliphatic rings. The summed E-state index contributed by atoms with van der Waals surface area (Å²) in [5.41, 5.74) is 2.15. The summed E-state index contributed by atoms with van der Waals surface area (Å²) < 4.78 is 5.80. The molecule has 0 aromatic heterocycles. The monoisotopic (exact) mass is 222 g/mol. The standard InChI is InChI=1S/C15H26O/c1-5-16-14-8-9-15(4)12(3)11(2)6-7-13(15)10-14/h7,11-12,14H,5-6,8-10H2,1-4H3. The first-order valence-electron chi connectivity index (χ1n) is 6.89. The van der Waals surface area contributed by atoms with Crippen LogP contribution < -0.4 is 0 Å². The molecule has 0 heterocycles. The number of hydrogen-bond acceptors (Lipinski definition) is 1. The third-order valence-electron chi connectivity index (χ3n) is 5.16. The van der Waals surface area contributed by atoms with E-state index < -0.39 is 0 Å². The second-order valence-corrected chi connectivity index (χ2v) is 5.97. The van der Waals surface area contributed by atoms with E-state index in [1.165, 1.54) is 25.7 Å². The zero-order valence-corrected chi connectivity index (χ0v) is 11.3. The zero-order valence-electron chi connectivity index (χ0n) is 11.3. The summed E-state index contributed by atoms with van der Waals surface area (Å²) >= 11 is 0. The van der Waals surface area contributed by atoms with Crippen molar-refractivity contribution in [2.75, 3.05) is 6.61 Å². The van der Waals surface area contributed by atoms with Crippen LogP contribution in [0.1, 0.15) is 53.4 Å². The van der Waals surface area contributed by atoms with E-state index in [4.69, 9.17) is 4.74 Å². The van der Waals surface area contributed by atoms with Crippen molar-refractivity contribution < 1.29 is 4.74 Å². The molecule has 1 heteroatoms. The fourth-order valence-electron chi connectivity index (χ4n) is 3.58. The molecule has 16 heavy (non-hydrogen) atoms. The third-order valence-corrected chi connectivity index (χ3v) is 5.16. The first-order valence-corrected chi connectivity index (χ1v) is 6.89. The third kappa shape index (κ3) is 1.95. The molecule has 0 spiro atoms. The van der Waals surface area contributed by atoms with Crippen LogP contribution in [0, 0.1) is 17.3 Å². The van der Waals surface area contributed by atoms with Gasteiger partial charge in [0, 0.05) is 6.61 Å². The van der Waals surface area contributed by atoms with Crippen molar-refractivity contribution in [1.29, 1.82) is 0 Å². The Balaban J connectivity index is 2.14. The Labute approximate surface area is 100 Å². The molecule has 4 unspecified atom stereocenters. The molecule has 1 nitrogen and oxygen atoms in total. The van der Waals surface area contributed by atoms with E-state index in [0.717, 1.165) is 18.4 Å². The lowest BCUT2D eigenvalue weighted by Gasteiger charge is -2.49. The maximum absolute atomic E-state index is 5.80. The molecule has 0 saturated heterocycles. The average Bonchev–Trinajstić information content (AvgIpc) is 2.27. The van der Waals surface area contributed by atoms with Crippen molar-refractivity contribution in [3.8, 4) is 0 Å². The molecule has 0 amide bonds. The lowest BCUT2D eigenvalue weighted by atomic mass is 9.57. The predicted octanol–water partition coefficient (Wildman–Crippen LogP) is 4.18. The minimum absolute atomic E-state index is 0.464. The summed E-state index contributed by atoms with van der Waals surface area (Å²) in [5, 5.41) is 0. The summed E-state index contributed by atoms with van der Waals surface area (Å²) in [6.07, 6.45) is 8.01. The molecule has 0 radical (unpaired) electrons. The van der Waals surface area contributed by atoms with Crippen molar-refractivity contribution in [3.63, 3.8) is 0 Å². The highest BCUT2D eigenvalue weighted by Crippen LogP contribution is 2.52. The van der Waals surface area contributed by atoms with Gasteiger partial charge in [-0.05, 0) is 49.9 Å². The largest absolute Gasteiger partial charge is 0.378 e. The minimum atomic E-state index is 0.464. The highest BCUT2D eigenvalue weighted by atomic mass is 16.5. The second kappa shape index (κ2) is 4.52. The molecule has 0 bridgehead atoms. The fourth-order valence-corrected chi connectivity index (χ4v) is 3.58. The maximum atomic E-state index is 5.80. The van der Waals surface area contributed by atoms with Crippen LogP contribution in [0.5, 0.6) is 0 Å². The van der Waals surface area contributed by atoms with E-state index in [1.54, 1.807) is 5.57 Å². The van der Waals surface area contributed by atoms with Crippen molar-refractivity contribution in [2.24, 2.45) is 17.3 Å². The number of fused-ring (bicyclic) bond motifs is 1. The lowest BCUT2D eigenvalue weighted by molar-refractivity contribution is 0.0105. The quantitative estimate of drug-likeness (QED) is 0.637. The second-order valence-electron chi connectivity index (χ2n) is 5.97. The Morgan fingerprint density at radius 1 is 1.44 bits per heavy atom. The normalized spacial score (nSPS) is 43.8. The first-order chi connectivity index (χ1) is 7.58. The summed E-state index contributed by atoms with van der Waals surface area (Å²) in [7, 11) is 0. The van der Waals surface area contributed by atoms with Gasteiger partial charge in [0.25, 0.3) is 0 Å². The van der Waals surface area contributed by atoms with Gasteiger partial charge in [0.15, 0.2) is 0 Å². The van der Waals surface area contributed by atoms with E-state index in [2.05, 4.69) is 33.8 Å². The molecule has 0 aromatic rings. The van der Waals surface area contributed by atoms with E-state index in [9.17, 15) is 0 Å². The molecular weight excluding hydrogens is 196 g/mol. The number of ether oxygens (including phenoxy) is 1. The molecule has 2 aliphatic carbocycles. The van der Waals surface area contributed by atoms with Gasteiger partial charge in [0.05, 0.1) is 6.10 Å². The summed E-state index contributed by atoms with van der Waals surface area (Å²) in [4.78, 5) is 0. The van der Waals surface area contributed by atoms with Gasteiger partial charge in [-0.3, -0.25) is 0 Å². The molecule has 0 aliphatic heterocycles. The van der Waals surface area contributed by atoms with Crippen LogP contribution >= 0.6 is 0 Å². The average molecular weight is 222 g/mol. The first kappa shape index (κ1) is 12.2. The molecule has 92 valence electrons. The van der Waals surface area contributed by atoms with E-state index in [0.29, 0.717) is 11.5 Å². The Bertz CT molecular complexity index is 281. The van der Waals surface area contributed by atoms with Gasteiger partial charge >= 0.3 is 0 Å². The van der Waals surface area contributed by atoms with Gasteiger partial charge in [0.2, 0.25) is 0 Å². The summed E-state index contributed by atoms with van der Waals surface area (Å²) in [6.45, 7) is 10.3. The van der Waals surface area contributed by atoms with E-state index >= 15 is 0 Å². The topological polar surface area (TPSA) is 9.23 Å². The highest BCUT2D eigenvalue weighted by molar-refractivity contribution is 5.22. The number of hydrogen-bond donors (Lipinski definition) is 0. The van der Waals surface area contributed by atoms with Crippen LogP contribution in [0.25, 0.3) is 0 Å². The number of rotatable bonds is 2. The van der Waals surface area contributed by atoms with Crippen molar-refractivity contribution >= 4 is 0 Å². The van der Waals surface area contributed by atoms with Crippen LogP contribution in [-0.2, 0) is 4.74 Å². The van der Waals surface area contributed by atoms with Crippen LogP contribution in [0.2, 0.25) is 0 Å². The molecule has 2 rings (SSSR count). The van der Waals surface area contributed by atoms with Crippen molar-refractivity contribution in [2.45, 2.75) is 59.5 Å². The Morgan fingerprint density at radius 3 is 2.88 bits per heavy atom. The van der Waals surface area contributed by atoms with Gasteiger partial charge in [-0.2, -0.15) is 0 Å². The molecule has 0 N–H and O–H groups in total. The van der Waals surface area contributed by atoms with Crippen LogP contribution in [0.3, 0.4) is 0 Å². The molecular formula is C15H26O. The summed E-state index contributed by atoms with van der Waals surface area (Å²) in [6, 6.07) is 0. The summed E-state index contributed by atoms with van der Waals surface area (Å²) in [5.74, 6) is 1.67. The Hall–Kier alpha value is -0.300. The van der Waals surface area contributed by atoms with Gasteiger partial charge in [-0.25, -0.2) is 0 Å². The number of allylic oxidation sites excluding steroid dienone is 1. The SMILES string of the molecule is CCOC1CCC2(C)C(=CCC(C)C2C)C1. The van der Waals surface area contributed by atoms with Gasteiger partial charge in [0.1, 0.15) is 0 Å². The lowest BCUT2D eigenvalue weighted by Crippen LogP contribution is -2.40.